The highest BCUT2D eigenvalue weighted by Crippen LogP contribution is 2.28. The molecule has 7 heteroatoms. The van der Waals surface area contributed by atoms with Gasteiger partial charge in [-0.3, -0.25) is 19.2 Å². The Balaban J connectivity index is 1.72. The number of anilines is 1. The van der Waals surface area contributed by atoms with Crippen molar-refractivity contribution in [3.8, 4) is 5.75 Å². The number of allylic oxidation sites excluding steroid dienone is 1. The molecule has 3 rings (SSSR count). The Kier molecular flexibility index (Phi) is 6.46. The van der Waals surface area contributed by atoms with Gasteiger partial charge in [0.1, 0.15) is 11.8 Å². The maximum atomic E-state index is 13.0. The second-order valence-corrected chi connectivity index (χ2v) is 7.45. The largest absolute Gasteiger partial charge is 0.427 e. The molecule has 0 N–H and O–H groups in total. The Labute approximate surface area is 170 Å². The fraction of sp³-hybridized carbons (Fsp3) is 0.455. The van der Waals surface area contributed by atoms with Crippen LogP contribution in [0.15, 0.2) is 35.9 Å². The molecule has 0 radical (unpaired) electrons. The Morgan fingerprint density at radius 2 is 1.86 bits per heavy atom. The Hall–Kier alpha value is -2.96. The van der Waals surface area contributed by atoms with Gasteiger partial charge in [-0.1, -0.05) is 11.6 Å². The molecule has 0 spiro atoms. The van der Waals surface area contributed by atoms with Crippen molar-refractivity contribution >= 4 is 29.4 Å². The standard InChI is InChI=1S/C22H26N2O5/c1-15(25)23(13-12-17-6-4-3-5-7-17)20-14-21(27)24(22(20)28)18-8-10-19(11-9-18)29-16(2)26/h6,8-11,20H,3-5,7,12-14H2,1-2H3. The number of benzene rings is 1. The monoisotopic (exact) mass is 398 g/mol. The highest BCUT2D eigenvalue weighted by atomic mass is 16.5. The summed E-state index contributed by atoms with van der Waals surface area (Å²) in [6.07, 6.45) is 7.38. The lowest BCUT2D eigenvalue weighted by molar-refractivity contribution is -0.136. The van der Waals surface area contributed by atoms with Crippen LogP contribution in [0.25, 0.3) is 0 Å². The molecule has 0 aromatic heterocycles. The second-order valence-electron chi connectivity index (χ2n) is 7.45. The lowest BCUT2D eigenvalue weighted by atomic mass is 9.97. The fourth-order valence-electron chi connectivity index (χ4n) is 3.89. The van der Waals surface area contributed by atoms with Crippen LogP contribution in [0.1, 0.15) is 52.4 Å². The maximum Gasteiger partial charge on any atom is 0.308 e. The third kappa shape index (κ3) is 4.91. The van der Waals surface area contributed by atoms with Crippen molar-refractivity contribution in [2.75, 3.05) is 11.4 Å². The van der Waals surface area contributed by atoms with Gasteiger partial charge in [0.05, 0.1) is 12.1 Å². The van der Waals surface area contributed by atoms with Crippen LogP contribution in [0, 0.1) is 0 Å². The van der Waals surface area contributed by atoms with Crippen molar-refractivity contribution in [2.45, 2.75) is 58.4 Å². The summed E-state index contributed by atoms with van der Waals surface area (Å²) >= 11 is 0. The molecule has 154 valence electrons. The van der Waals surface area contributed by atoms with E-state index >= 15 is 0 Å². The predicted molar refractivity (Wildman–Crippen MR) is 107 cm³/mol. The van der Waals surface area contributed by atoms with Crippen LogP contribution in [0.2, 0.25) is 0 Å². The van der Waals surface area contributed by atoms with Gasteiger partial charge in [-0.15, -0.1) is 0 Å². The lowest BCUT2D eigenvalue weighted by Gasteiger charge is -2.27. The van der Waals surface area contributed by atoms with Gasteiger partial charge in [-0.2, -0.15) is 0 Å². The normalized spacial score (nSPS) is 19.2. The molecule has 3 amide bonds. The SMILES string of the molecule is CC(=O)Oc1ccc(N2C(=O)CC(N(CCC3=CCCCC3)C(C)=O)C2=O)cc1. The van der Waals surface area contributed by atoms with Crippen LogP contribution in [0.5, 0.6) is 5.75 Å². The lowest BCUT2D eigenvalue weighted by Crippen LogP contribution is -2.45. The molecule has 0 bridgehead atoms. The van der Waals surface area contributed by atoms with E-state index in [1.54, 1.807) is 12.1 Å². The molecule has 1 heterocycles. The summed E-state index contributed by atoms with van der Waals surface area (Å²) in [5.74, 6) is -1.06. The molecule has 1 aliphatic heterocycles. The molecule has 7 nitrogen and oxygen atoms in total. The number of carbonyl (C=O) groups excluding carboxylic acids is 4. The van der Waals surface area contributed by atoms with E-state index in [2.05, 4.69) is 6.08 Å². The molecular weight excluding hydrogens is 372 g/mol. The summed E-state index contributed by atoms with van der Waals surface area (Å²) in [6.45, 7) is 3.17. The Morgan fingerprint density at radius 1 is 1.14 bits per heavy atom. The number of amides is 3. The number of rotatable bonds is 6. The molecule has 1 aromatic rings. The van der Waals surface area contributed by atoms with Crippen LogP contribution in [0.3, 0.4) is 0 Å². The van der Waals surface area contributed by atoms with E-state index in [1.807, 2.05) is 0 Å². The third-order valence-electron chi connectivity index (χ3n) is 5.32. The molecule has 29 heavy (non-hydrogen) atoms. The van der Waals surface area contributed by atoms with Gasteiger partial charge in [0, 0.05) is 20.4 Å². The van der Waals surface area contributed by atoms with E-state index < -0.39 is 17.9 Å². The Bertz CT molecular complexity index is 843. The van der Waals surface area contributed by atoms with Gasteiger partial charge in [0.25, 0.3) is 5.91 Å². The molecular formula is C22H26N2O5. The molecule has 1 unspecified atom stereocenters. The summed E-state index contributed by atoms with van der Waals surface area (Å²) in [6, 6.07) is 5.39. The molecule has 1 fully saturated rings. The quantitative estimate of drug-likeness (QED) is 0.318. The molecule has 1 atom stereocenters. The zero-order valence-electron chi connectivity index (χ0n) is 16.8. The number of hydrogen-bond acceptors (Lipinski definition) is 5. The minimum absolute atomic E-state index is 0.0246. The number of imide groups is 1. The number of esters is 1. The van der Waals surface area contributed by atoms with Gasteiger partial charge < -0.3 is 9.64 Å². The first-order valence-electron chi connectivity index (χ1n) is 9.97. The fourth-order valence-corrected chi connectivity index (χ4v) is 3.89. The van der Waals surface area contributed by atoms with Crippen LogP contribution in [0.4, 0.5) is 5.69 Å². The highest BCUT2D eigenvalue weighted by molar-refractivity contribution is 6.23. The van der Waals surface area contributed by atoms with Crippen molar-refractivity contribution in [2.24, 2.45) is 0 Å². The summed E-state index contributed by atoms with van der Waals surface area (Å²) < 4.78 is 4.98. The van der Waals surface area contributed by atoms with Gasteiger partial charge in [0.15, 0.2) is 0 Å². The van der Waals surface area contributed by atoms with Gasteiger partial charge in [-0.05, 0) is 56.4 Å². The summed E-state index contributed by atoms with van der Waals surface area (Å²) in [4.78, 5) is 51.4. The van der Waals surface area contributed by atoms with Gasteiger partial charge in [-0.25, -0.2) is 4.90 Å². The molecule has 0 saturated carbocycles. The van der Waals surface area contributed by atoms with Crippen molar-refractivity contribution < 1.29 is 23.9 Å². The molecule has 1 aliphatic carbocycles. The van der Waals surface area contributed by atoms with Crippen LogP contribution in [-0.4, -0.2) is 41.2 Å². The van der Waals surface area contributed by atoms with E-state index in [0.29, 0.717) is 18.0 Å². The summed E-state index contributed by atoms with van der Waals surface area (Å²) in [5, 5.41) is 0. The van der Waals surface area contributed by atoms with Crippen molar-refractivity contribution in [3.05, 3.63) is 35.9 Å². The molecule has 1 saturated heterocycles. The van der Waals surface area contributed by atoms with Crippen molar-refractivity contribution in [1.82, 2.24) is 4.90 Å². The number of hydrogen-bond donors (Lipinski definition) is 0. The van der Waals surface area contributed by atoms with E-state index in [4.69, 9.17) is 4.74 Å². The van der Waals surface area contributed by atoms with E-state index in [9.17, 15) is 19.2 Å². The van der Waals surface area contributed by atoms with Crippen LogP contribution < -0.4 is 9.64 Å². The van der Waals surface area contributed by atoms with Crippen LogP contribution in [-0.2, 0) is 19.2 Å². The smallest absolute Gasteiger partial charge is 0.308 e. The number of ether oxygens (including phenoxy) is 1. The number of carbonyl (C=O) groups is 4. The Morgan fingerprint density at radius 3 is 2.45 bits per heavy atom. The van der Waals surface area contributed by atoms with E-state index in [0.717, 1.165) is 30.6 Å². The highest BCUT2D eigenvalue weighted by Gasteiger charge is 2.43. The number of nitrogens with zero attached hydrogens (tertiary/aromatic N) is 2. The summed E-state index contributed by atoms with van der Waals surface area (Å²) in [7, 11) is 0. The zero-order chi connectivity index (χ0) is 21.0. The summed E-state index contributed by atoms with van der Waals surface area (Å²) in [5.41, 5.74) is 1.72. The topological polar surface area (TPSA) is 84.0 Å². The van der Waals surface area contributed by atoms with Crippen LogP contribution >= 0.6 is 0 Å². The first-order chi connectivity index (χ1) is 13.9. The van der Waals surface area contributed by atoms with Gasteiger partial charge in [0.2, 0.25) is 11.8 Å². The zero-order valence-corrected chi connectivity index (χ0v) is 16.8. The second kappa shape index (κ2) is 9.03. The third-order valence-corrected chi connectivity index (χ3v) is 5.32. The minimum atomic E-state index is -0.780. The predicted octanol–water partition coefficient (Wildman–Crippen LogP) is 2.98. The van der Waals surface area contributed by atoms with E-state index in [1.165, 1.54) is 42.9 Å². The van der Waals surface area contributed by atoms with Gasteiger partial charge >= 0.3 is 5.97 Å². The van der Waals surface area contributed by atoms with Crippen molar-refractivity contribution in [1.29, 1.82) is 0 Å². The molecule has 2 aliphatic rings. The molecule has 1 aromatic carbocycles. The maximum absolute atomic E-state index is 13.0. The average molecular weight is 398 g/mol. The van der Waals surface area contributed by atoms with E-state index in [-0.39, 0.29) is 18.2 Å². The first kappa shape index (κ1) is 20.8. The first-order valence-corrected chi connectivity index (χ1v) is 9.97. The average Bonchev–Trinajstić information content (AvgIpc) is 2.97. The minimum Gasteiger partial charge on any atom is -0.427 e. The van der Waals surface area contributed by atoms with Crippen molar-refractivity contribution in [3.63, 3.8) is 0 Å².